The van der Waals surface area contributed by atoms with E-state index in [9.17, 15) is 13.2 Å². The quantitative estimate of drug-likeness (QED) is 0.833. The van der Waals surface area contributed by atoms with Gasteiger partial charge in [0.1, 0.15) is 0 Å². The predicted molar refractivity (Wildman–Crippen MR) is 102 cm³/mol. The number of carbonyl (C=O) groups excluding carboxylic acids is 1. The van der Waals surface area contributed by atoms with E-state index in [1.54, 1.807) is 12.1 Å². The maximum absolute atomic E-state index is 12.3. The summed E-state index contributed by atoms with van der Waals surface area (Å²) in [6, 6.07) is 9.03. The molecule has 25 heavy (non-hydrogen) atoms. The Morgan fingerprint density at radius 3 is 2.76 bits per heavy atom. The lowest BCUT2D eigenvalue weighted by Gasteiger charge is -2.28. The van der Waals surface area contributed by atoms with Gasteiger partial charge in [0.15, 0.2) is 0 Å². The van der Waals surface area contributed by atoms with Crippen LogP contribution >= 0.6 is 22.9 Å². The minimum atomic E-state index is -3.22. The third kappa shape index (κ3) is 4.23. The molecule has 0 spiro atoms. The molecule has 0 aliphatic carbocycles. The topological polar surface area (TPSA) is 66.5 Å². The molecule has 1 amide bonds. The molecule has 0 saturated carbocycles. The minimum Gasteiger partial charge on any atom is -0.321 e. The number of hydrogen-bond acceptors (Lipinski definition) is 4. The molecule has 0 unspecified atom stereocenters. The number of halogens is 1. The highest BCUT2D eigenvalue weighted by Crippen LogP contribution is 2.26. The fourth-order valence-electron chi connectivity index (χ4n) is 2.86. The summed E-state index contributed by atoms with van der Waals surface area (Å²) in [7, 11) is -3.22. The summed E-state index contributed by atoms with van der Waals surface area (Å²) in [4.78, 5) is 12.8. The lowest BCUT2D eigenvalue weighted by atomic mass is 10.0. The third-order valence-electron chi connectivity index (χ3n) is 4.09. The van der Waals surface area contributed by atoms with E-state index in [4.69, 9.17) is 11.6 Å². The number of sulfonamides is 1. The number of fused-ring (bicyclic) bond motifs is 1. The van der Waals surface area contributed by atoms with Gasteiger partial charge < -0.3 is 5.32 Å². The average molecular weight is 399 g/mol. The van der Waals surface area contributed by atoms with Gasteiger partial charge in [0, 0.05) is 18.8 Å². The summed E-state index contributed by atoms with van der Waals surface area (Å²) in [5, 5.41) is 2.85. The third-order valence-corrected chi connectivity index (χ3v) is 7.35. The first-order chi connectivity index (χ1) is 11.9. The second-order valence-corrected chi connectivity index (χ2v) is 9.74. The zero-order valence-corrected chi connectivity index (χ0v) is 16.2. The average Bonchev–Trinajstić information content (AvgIpc) is 3.01. The highest BCUT2D eigenvalue weighted by molar-refractivity contribution is 7.89. The van der Waals surface area contributed by atoms with Gasteiger partial charge in [-0.2, -0.15) is 4.31 Å². The van der Waals surface area contributed by atoms with Crippen molar-refractivity contribution in [2.75, 3.05) is 17.6 Å². The molecule has 134 valence electrons. The Balaban J connectivity index is 1.77. The van der Waals surface area contributed by atoms with E-state index in [1.165, 1.54) is 15.6 Å². The Kier molecular flexibility index (Phi) is 5.48. The van der Waals surface area contributed by atoms with Gasteiger partial charge in [-0.3, -0.25) is 4.79 Å². The summed E-state index contributed by atoms with van der Waals surface area (Å²) in [5.41, 5.74) is 2.72. The van der Waals surface area contributed by atoms with Gasteiger partial charge in [-0.15, -0.1) is 11.3 Å². The van der Waals surface area contributed by atoms with Crippen LogP contribution in [0.5, 0.6) is 0 Å². The van der Waals surface area contributed by atoms with Gasteiger partial charge in [0.05, 0.1) is 15.0 Å². The van der Waals surface area contributed by atoms with Gasteiger partial charge in [-0.05, 0) is 48.2 Å². The predicted octanol–water partition coefficient (Wildman–Crippen LogP) is 3.75. The molecule has 1 aliphatic heterocycles. The maximum Gasteiger partial charge on any atom is 0.265 e. The summed E-state index contributed by atoms with van der Waals surface area (Å²) in [6.07, 6.45) is 1.29. The molecular formula is C17H19ClN2O3S2. The van der Waals surface area contributed by atoms with Crippen molar-refractivity contribution < 1.29 is 13.2 Å². The molecule has 2 heterocycles. The van der Waals surface area contributed by atoms with E-state index in [2.05, 4.69) is 5.32 Å². The zero-order valence-electron chi connectivity index (χ0n) is 13.8. The van der Waals surface area contributed by atoms with Crippen molar-refractivity contribution in [1.82, 2.24) is 4.31 Å². The highest BCUT2D eigenvalue weighted by Gasteiger charge is 2.26. The maximum atomic E-state index is 12.3. The van der Waals surface area contributed by atoms with Crippen LogP contribution in [-0.2, 0) is 23.0 Å². The van der Waals surface area contributed by atoms with Crippen molar-refractivity contribution >= 4 is 44.6 Å². The summed E-state index contributed by atoms with van der Waals surface area (Å²) in [6.45, 7) is 2.72. The van der Waals surface area contributed by atoms with Crippen molar-refractivity contribution in [2.45, 2.75) is 26.3 Å². The van der Waals surface area contributed by atoms with Gasteiger partial charge in [-0.25, -0.2) is 8.42 Å². The number of nitrogens with zero attached hydrogens (tertiary/aromatic N) is 1. The van der Waals surface area contributed by atoms with Crippen LogP contribution in [0.1, 0.15) is 34.1 Å². The van der Waals surface area contributed by atoms with Crippen molar-refractivity contribution in [3.8, 4) is 0 Å². The highest BCUT2D eigenvalue weighted by atomic mass is 35.5. The van der Waals surface area contributed by atoms with Crippen molar-refractivity contribution in [3.05, 3.63) is 50.7 Å². The molecule has 1 N–H and O–H groups in total. The van der Waals surface area contributed by atoms with Crippen molar-refractivity contribution in [2.24, 2.45) is 0 Å². The number of rotatable bonds is 5. The van der Waals surface area contributed by atoms with Crippen LogP contribution in [-0.4, -0.2) is 30.9 Å². The molecule has 1 aliphatic rings. The van der Waals surface area contributed by atoms with E-state index < -0.39 is 10.0 Å². The lowest BCUT2D eigenvalue weighted by molar-refractivity contribution is 0.103. The Bertz CT molecular complexity index is 893. The molecule has 0 saturated heterocycles. The normalized spacial score (nSPS) is 15.0. The van der Waals surface area contributed by atoms with Gasteiger partial charge in [0.2, 0.25) is 10.0 Å². The summed E-state index contributed by atoms with van der Waals surface area (Å²) < 4.78 is 26.7. The number of hydrogen-bond donors (Lipinski definition) is 1. The van der Waals surface area contributed by atoms with Gasteiger partial charge in [-0.1, -0.05) is 24.6 Å². The van der Waals surface area contributed by atoms with Crippen LogP contribution in [0.2, 0.25) is 4.34 Å². The van der Waals surface area contributed by atoms with E-state index in [0.717, 1.165) is 11.1 Å². The number of amides is 1. The Labute approximate surface area is 156 Å². The molecular weight excluding hydrogens is 380 g/mol. The Hall–Kier alpha value is -1.41. The molecule has 8 heteroatoms. The van der Waals surface area contributed by atoms with Crippen LogP contribution in [0, 0.1) is 0 Å². The summed E-state index contributed by atoms with van der Waals surface area (Å²) in [5.74, 6) is -0.0548. The second-order valence-electron chi connectivity index (χ2n) is 5.94. The van der Waals surface area contributed by atoms with Crippen LogP contribution in [0.25, 0.3) is 0 Å². The number of benzene rings is 1. The van der Waals surface area contributed by atoms with Crippen LogP contribution in [0.3, 0.4) is 0 Å². The molecule has 5 nitrogen and oxygen atoms in total. The van der Waals surface area contributed by atoms with Crippen molar-refractivity contribution in [1.29, 1.82) is 0 Å². The molecule has 1 aromatic heterocycles. The largest absolute Gasteiger partial charge is 0.321 e. The number of anilines is 1. The van der Waals surface area contributed by atoms with Crippen LogP contribution in [0.4, 0.5) is 5.69 Å². The number of thiophene rings is 1. The SMILES string of the molecule is CCCS(=O)(=O)N1CCc2ccc(NC(=O)c3ccc(Cl)s3)cc2C1. The van der Waals surface area contributed by atoms with E-state index in [1.807, 2.05) is 25.1 Å². The molecule has 0 atom stereocenters. The monoisotopic (exact) mass is 398 g/mol. The first-order valence-corrected chi connectivity index (χ1v) is 10.9. The van der Waals surface area contributed by atoms with Gasteiger partial charge >= 0.3 is 0 Å². The number of carbonyl (C=O) groups is 1. The Morgan fingerprint density at radius 1 is 1.28 bits per heavy atom. The fraction of sp³-hybridized carbons (Fsp3) is 0.353. The lowest BCUT2D eigenvalue weighted by Crippen LogP contribution is -2.37. The van der Waals surface area contributed by atoms with E-state index in [-0.39, 0.29) is 11.7 Å². The fourth-order valence-corrected chi connectivity index (χ4v) is 5.28. The summed E-state index contributed by atoms with van der Waals surface area (Å²) >= 11 is 7.08. The van der Waals surface area contributed by atoms with E-state index in [0.29, 0.717) is 40.8 Å². The van der Waals surface area contributed by atoms with Crippen LogP contribution < -0.4 is 5.32 Å². The molecule has 2 aromatic rings. The van der Waals surface area contributed by atoms with Crippen LogP contribution in [0.15, 0.2) is 30.3 Å². The second kappa shape index (κ2) is 7.45. The Morgan fingerprint density at radius 2 is 2.08 bits per heavy atom. The smallest absolute Gasteiger partial charge is 0.265 e. The van der Waals surface area contributed by atoms with Crippen molar-refractivity contribution in [3.63, 3.8) is 0 Å². The zero-order chi connectivity index (χ0) is 18.0. The first-order valence-electron chi connectivity index (χ1n) is 8.05. The molecule has 0 radical (unpaired) electrons. The molecule has 0 fully saturated rings. The first kappa shape index (κ1) is 18.4. The standard InChI is InChI=1S/C17H19ClN2O3S2/c1-2-9-25(22,23)20-8-7-12-3-4-14(10-13(12)11-20)19-17(21)15-5-6-16(18)24-15/h3-6,10H,2,7-9,11H2,1H3,(H,19,21). The van der Waals surface area contributed by atoms with E-state index >= 15 is 0 Å². The minimum absolute atomic E-state index is 0.165. The van der Waals surface area contributed by atoms with Gasteiger partial charge in [0.25, 0.3) is 5.91 Å². The molecule has 1 aromatic carbocycles. The molecule has 3 rings (SSSR count). The number of nitrogens with one attached hydrogen (secondary N) is 1. The molecule has 0 bridgehead atoms.